The molecule has 4 heteroatoms. The molecule has 0 unspecified atom stereocenters. The average molecular weight is 497 g/mol. The van der Waals surface area contributed by atoms with Crippen molar-refractivity contribution < 1.29 is 19.1 Å². The molecule has 0 aromatic carbocycles. The molecular weight excluding hydrogens is 436 g/mol. The molecule has 4 nitrogen and oxygen atoms in total. The Morgan fingerprint density at radius 2 is 0.686 bits per heavy atom. The molecule has 0 radical (unpaired) electrons. The highest BCUT2D eigenvalue weighted by atomic mass is 16.6. The van der Waals surface area contributed by atoms with E-state index in [0.717, 1.165) is 25.7 Å². The van der Waals surface area contributed by atoms with E-state index in [0.29, 0.717) is 26.1 Å². The third-order valence-corrected chi connectivity index (χ3v) is 7.45. The Hall–Kier alpha value is -1.06. The van der Waals surface area contributed by atoms with Gasteiger partial charge < -0.3 is 9.47 Å². The van der Waals surface area contributed by atoms with Crippen LogP contribution in [0.25, 0.3) is 0 Å². The summed E-state index contributed by atoms with van der Waals surface area (Å²) < 4.78 is 11.0. The smallest absolute Gasteiger partial charge is 0.323 e. The van der Waals surface area contributed by atoms with Gasteiger partial charge in [-0.2, -0.15) is 0 Å². The van der Waals surface area contributed by atoms with Crippen molar-refractivity contribution in [2.45, 2.75) is 169 Å². The van der Waals surface area contributed by atoms with E-state index in [4.69, 9.17) is 9.47 Å². The van der Waals surface area contributed by atoms with Crippen LogP contribution in [-0.2, 0) is 19.1 Å². The maximum atomic E-state index is 12.8. The molecule has 0 amide bonds. The van der Waals surface area contributed by atoms with Gasteiger partial charge in [-0.1, -0.05) is 143 Å². The lowest BCUT2D eigenvalue weighted by Crippen LogP contribution is -2.41. The first-order valence-electron chi connectivity index (χ1n) is 15.4. The van der Waals surface area contributed by atoms with E-state index in [9.17, 15) is 9.59 Å². The van der Waals surface area contributed by atoms with Crippen molar-refractivity contribution >= 4 is 11.9 Å². The summed E-state index contributed by atoms with van der Waals surface area (Å²) in [6, 6.07) is 0. The first-order chi connectivity index (χ1) is 17.1. The van der Waals surface area contributed by atoms with Crippen molar-refractivity contribution in [3.05, 3.63) is 0 Å². The molecule has 0 spiro atoms. The molecular formula is C31H60O4. The second kappa shape index (κ2) is 24.6. The summed E-state index contributed by atoms with van der Waals surface area (Å²) in [7, 11) is 0. The second-order valence-electron chi connectivity index (χ2n) is 10.4. The number of rotatable bonds is 26. The number of carbonyl (C=O) groups is 2. The summed E-state index contributed by atoms with van der Waals surface area (Å²) in [5.41, 5.74) is -1.14. The molecule has 0 aromatic rings. The van der Waals surface area contributed by atoms with Gasteiger partial charge >= 0.3 is 11.9 Å². The minimum atomic E-state index is -1.14. The Bertz CT molecular complexity index is 484. The average Bonchev–Trinajstić information content (AvgIpc) is 2.87. The van der Waals surface area contributed by atoms with Crippen LogP contribution in [0.3, 0.4) is 0 Å². The number of carbonyl (C=O) groups excluding carboxylic acids is 2. The zero-order valence-electron chi connectivity index (χ0n) is 24.1. The number of unbranched alkanes of at least 4 members (excludes halogenated alkanes) is 18. The maximum Gasteiger partial charge on any atom is 0.323 e. The number of hydrogen-bond acceptors (Lipinski definition) is 4. The monoisotopic (exact) mass is 496 g/mol. The highest BCUT2D eigenvalue weighted by molar-refractivity contribution is 5.99. The van der Waals surface area contributed by atoms with E-state index in [1.165, 1.54) is 103 Å². The Morgan fingerprint density at radius 1 is 0.429 bits per heavy atom. The van der Waals surface area contributed by atoms with Crippen LogP contribution in [0.4, 0.5) is 0 Å². The molecule has 0 fully saturated rings. The molecule has 0 saturated heterocycles. The van der Waals surface area contributed by atoms with Gasteiger partial charge in [0, 0.05) is 0 Å². The molecule has 0 bridgehead atoms. The summed E-state index contributed by atoms with van der Waals surface area (Å²) >= 11 is 0. The third kappa shape index (κ3) is 17.1. The number of hydrogen-bond donors (Lipinski definition) is 0. The topological polar surface area (TPSA) is 52.6 Å². The zero-order chi connectivity index (χ0) is 26.0. The van der Waals surface area contributed by atoms with E-state index in [-0.39, 0.29) is 0 Å². The van der Waals surface area contributed by atoms with Crippen LogP contribution in [-0.4, -0.2) is 25.2 Å². The standard InChI is InChI=1S/C31H60O4/c1-5-9-11-13-14-15-16-17-18-19-20-21-22-24-26-28-35-30(33)31(7-3,8-4)29(32)34-27-25-23-12-10-6-2/h5-28H2,1-4H3. The molecule has 0 aliphatic heterocycles. The van der Waals surface area contributed by atoms with Gasteiger partial charge in [0.2, 0.25) is 0 Å². The molecule has 35 heavy (non-hydrogen) atoms. The van der Waals surface area contributed by atoms with Crippen LogP contribution in [0.2, 0.25) is 0 Å². The zero-order valence-corrected chi connectivity index (χ0v) is 24.1. The fourth-order valence-corrected chi connectivity index (χ4v) is 4.70. The van der Waals surface area contributed by atoms with Crippen molar-refractivity contribution in [2.24, 2.45) is 5.41 Å². The largest absolute Gasteiger partial charge is 0.465 e. The SMILES string of the molecule is CCCCCCCCCCCCCCCCCOC(=O)C(CC)(CC)C(=O)OCCCCCCC. The van der Waals surface area contributed by atoms with Crippen molar-refractivity contribution in [3.8, 4) is 0 Å². The number of esters is 2. The third-order valence-electron chi connectivity index (χ3n) is 7.45. The van der Waals surface area contributed by atoms with Crippen LogP contribution in [0.15, 0.2) is 0 Å². The molecule has 0 atom stereocenters. The van der Waals surface area contributed by atoms with E-state index in [1.54, 1.807) is 0 Å². The first kappa shape index (κ1) is 33.9. The van der Waals surface area contributed by atoms with Crippen LogP contribution >= 0.6 is 0 Å². The Kier molecular flexibility index (Phi) is 23.9. The normalized spacial score (nSPS) is 11.5. The van der Waals surface area contributed by atoms with E-state index < -0.39 is 17.4 Å². The Labute approximate surface area is 218 Å². The van der Waals surface area contributed by atoms with Crippen molar-refractivity contribution in [3.63, 3.8) is 0 Å². The molecule has 0 aliphatic rings. The molecule has 0 aromatic heterocycles. The van der Waals surface area contributed by atoms with Gasteiger partial charge in [0.25, 0.3) is 0 Å². The van der Waals surface area contributed by atoms with Gasteiger partial charge in [-0.15, -0.1) is 0 Å². The van der Waals surface area contributed by atoms with Gasteiger partial charge in [0.1, 0.15) is 0 Å². The van der Waals surface area contributed by atoms with Crippen molar-refractivity contribution in [1.82, 2.24) is 0 Å². The Balaban J connectivity index is 3.81. The fraction of sp³-hybridized carbons (Fsp3) is 0.935. The summed E-state index contributed by atoms with van der Waals surface area (Å²) in [6.07, 6.45) is 26.0. The van der Waals surface area contributed by atoms with E-state index >= 15 is 0 Å². The maximum absolute atomic E-state index is 12.8. The summed E-state index contributed by atoms with van der Waals surface area (Å²) in [5.74, 6) is -0.802. The molecule has 0 heterocycles. The van der Waals surface area contributed by atoms with Crippen molar-refractivity contribution in [2.75, 3.05) is 13.2 Å². The fourth-order valence-electron chi connectivity index (χ4n) is 4.70. The van der Waals surface area contributed by atoms with Gasteiger partial charge in [-0.3, -0.25) is 9.59 Å². The van der Waals surface area contributed by atoms with Gasteiger partial charge in [0.15, 0.2) is 5.41 Å². The first-order valence-corrected chi connectivity index (χ1v) is 15.4. The minimum Gasteiger partial charge on any atom is -0.465 e. The summed E-state index contributed by atoms with van der Waals surface area (Å²) in [5, 5.41) is 0. The number of ether oxygens (including phenoxy) is 2. The Morgan fingerprint density at radius 3 is 0.943 bits per heavy atom. The molecule has 0 aliphatic carbocycles. The van der Waals surface area contributed by atoms with Crippen LogP contribution in [0.1, 0.15) is 169 Å². The van der Waals surface area contributed by atoms with Crippen LogP contribution in [0, 0.1) is 5.41 Å². The summed E-state index contributed by atoms with van der Waals surface area (Å²) in [4.78, 5) is 25.5. The predicted molar refractivity (Wildman–Crippen MR) is 149 cm³/mol. The molecule has 0 N–H and O–H groups in total. The minimum absolute atomic E-state index is 0.399. The van der Waals surface area contributed by atoms with Gasteiger partial charge in [-0.25, -0.2) is 0 Å². The quantitative estimate of drug-likeness (QED) is 0.0679. The van der Waals surface area contributed by atoms with Crippen LogP contribution in [0.5, 0.6) is 0 Å². The highest BCUT2D eigenvalue weighted by Crippen LogP contribution is 2.30. The highest BCUT2D eigenvalue weighted by Gasteiger charge is 2.45. The van der Waals surface area contributed by atoms with Gasteiger partial charge in [-0.05, 0) is 25.7 Å². The lowest BCUT2D eigenvalue weighted by atomic mass is 9.82. The summed E-state index contributed by atoms with van der Waals surface area (Å²) in [6.45, 7) is 9.01. The van der Waals surface area contributed by atoms with Gasteiger partial charge in [0.05, 0.1) is 13.2 Å². The lowest BCUT2D eigenvalue weighted by molar-refractivity contribution is -0.173. The molecule has 208 valence electrons. The lowest BCUT2D eigenvalue weighted by Gasteiger charge is -2.27. The van der Waals surface area contributed by atoms with E-state index in [1.807, 2.05) is 13.8 Å². The van der Waals surface area contributed by atoms with E-state index in [2.05, 4.69) is 13.8 Å². The molecule has 0 rings (SSSR count). The predicted octanol–water partition coefficient (Wildman–Crippen LogP) is 9.72. The molecule has 0 saturated carbocycles. The second-order valence-corrected chi connectivity index (χ2v) is 10.4. The van der Waals surface area contributed by atoms with Crippen LogP contribution < -0.4 is 0 Å². The van der Waals surface area contributed by atoms with Crippen molar-refractivity contribution in [1.29, 1.82) is 0 Å².